The lowest BCUT2D eigenvalue weighted by atomic mass is 9.83. The van der Waals surface area contributed by atoms with Crippen LogP contribution in [0.15, 0.2) is 4.99 Å². The fourth-order valence-electron chi connectivity index (χ4n) is 2.94. The maximum Gasteiger partial charge on any atom is 0.341 e. The molecule has 0 aromatic rings. The summed E-state index contributed by atoms with van der Waals surface area (Å²) < 4.78 is 10.5. The van der Waals surface area contributed by atoms with Crippen molar-refractivity contribution in [1.29, 1.82) is 0 Å². The molecule has 0 atom stereocenters. The molecule has 0 aromatic carbocycles. The van der Waals surface area contributed by atoms with E-state index in [2.05, 4.69) is 21.7 Å². The Labute approximate surface area is 119 Å². The van der Waals surface area contributed by atoms with Gasteiger partial charge < -0.3 is 9.47 Å². The third-order valence-corrected chi connectivity index (χ3v) is 4.17. The topological polar surface area (TPSA) is 51.1 Å². The minimum atomic E-state index is -0.610. The Balaban J connectivity index is 1.60. The molecule has 2 fully saturated rings. The summed E-state index contributed by atoms with van der Waals surface area (Å²) in [5, 5.41) is 0. The molecule has 2 aliphatic heterocycles. The number of ether oxygens (including phenoxy) is 2. The molecule has 3 aliphatic rings. The summed E-state index contributed by atoms with van der Waals surface area (Å²) in [5.74, 6) is 6.07. The number of esters is 1. The predicted octanol–water partition coefficient (Wildman–Crippen LogP) is 0.980. The SMILES string of the molecule is O=C1OC(C#CCN2CCOCC2)=NC12CCCCC2. The molecule has 0 bridgehead atoms. The largest absolute Gasteiger partial charge is 0.398 e. The first-order valence-electron chi connectivity index (χ1n) is 7.40. The van der Waals surface area contributed by atoms with Crippen molar-refractivity contribution in [2.75, 3.05) is 32.8 Å². The minimum Gasteiger partial charge on any atom is -0.398 e. The Morgan fingerprint density at radius 1 is 1.20 bits per heavy atom. The Morgan fingerprint density at radius 2 is 1.95 bits per heavy atom. The molecule has 0 radical (unpaired) electrons. The van der Waals surface area contributed by atoms with E-state index >= 15 is 0 Å². The van der Waals surface area contributed by atoms with Gasteiger partial charge in [-0.15, -0.1) is 0 Å². The van der Waals surface area contributed by atoms with Crippen LogP contribution in [0.25, 0.3) is 0 Å². The summed E-state index contributed by atoms with van der Waals surface area (Å²) in [4.78, 5) is 18.7. The van der Waals surface area contributed by atoms with Crippen molar-refractivity contribution >= 4 is 11.9 Å². The van der Waals surface area contributed by atoms with Crippen LogP contribution in [0.5, 0.6) is 0 Å². The van der Waals surface area contributed by atoms with Crippen LogP contribution in [0.3, 0.4) is 0 Å². The van der Waals surface area contributed by atoms with Gasteiger partial charge in [0.2, 0.25) is 0 Å². The Bertz CT molecular complexity index is 463. The molecule has 5 nitrogen and oxygen atoms in total. The molecular weight excluding hydrogens is 256 g/mol. The first-order chi connectivity index (χ1) is 9.78. The van der Waals surface area contributed by atoms with E-state index in [-0.39, 0.29) is 5.97 Å². The zero-order valence-corrected chi connectivity index (χ0v) is 11.7. The Kier molecular flexibility index (Phi) is 4.04. The molecule has 20 heavy (non-hydrogen) atoms. The molecule has 108 valence electrons. The van der Waals surface area contributed by atoms with Gasteiger partial charge in [-0.05, 0) is 18.8 Å². The van der Waals surface area contributed by atoms with Gasteiger partial charge in [0.05, 0.1) is 19.8 Å². The number of morpholine rings is 1. The molecule has 0 amide bonds. The number of hydrogen-bond donors (Lipinski definition) is 0. The first kappa shape index (κ1) is 13.6. The van der Waals surface area contributed by atoms with Gasteiger partial charge in [0.1, 0.15) is 0 Å². The quantitative estimate of drug-likeness (QED) is 0.529. The van der Waals surface area contributed by atoms with Gasteiger partial charge in [-0.25, -0.2) is 9.79 Å². The van der Waals surface area contributed by atoms with Crippen LogP contribution >= 0.6 is 0 Å². The van der Waals surface area contributed by atoms with Gasteiger partial charge in [0, 0.05) is 13.1 Å². The molecule has 1 spiro atoms. The highest BCUT2D eigenvalue weighted by atomic mass is 16.6. The van der Waals surface area contributed by atoms with Crippen molar-refractivity contribution in [1.82, 2.24) is 4.90 Å². The third-order valence-electron chi connectivity index (χ3n) is 4.17. The summed E-state index contributed by atoms with van der Waals surface area (Å²) >= 11 is 0. The van der Waals surface area contributed by atoms with E-state index in [9.17, 15) is 4.79 Å². The van der Waals surface area contributed by atoms with Gasteiger partial charge in [0.25, 0.3) is 5.90 Å². The first-order valence-corrected chi connectivity index (χ1v) is 7.40. The summed E-state index contributed by atoms with van der Waals surface area (Å²) in [6, 6.07) is 0. The number of cyclic esters (lactones) is 1. The summed E-state index contributed by atoms with van der Waals surface area (Å²) in [7, 11) is 0. The third kappa shape index (κ3) is 2.87. The number of carbonyl (C=O) groups excluding carboxylic acids is 1. The molecule has 0 N–H and O–H groups in total. The fourth-order valence-corrected chi connectivity index (χ4v) is 2.94. The molecule has 1 saturated heterocycles. The van der Waals surface area contributed by atoms with Crippen molar-refractivity contribution in [3.63, 3.8) is 0 Å². The van der Waals surface area contributed by atoms with Crippen LogP contribution < -0.4 is 0 Å². The number of hydrogen-bond acceptors (Lipinski definition) is 5. The number of aliphatic imine (C=N–C) groups is 1. The summed E-state index contributed by atoms with van der Waals surface area (Å²) in [6.45, 7) is 4.02. The fraction of sp³-hybridized carbons (Fsp3) is 0.733. The van der Waals surface area contributed by atoms with E-state index in [1.165, 1.54) is 6.42 Å². The van der Waals surface area contributed by atoms with Crippen molar-refractivity contribution in [2.24, 2.45) is 4.99 Å². The maximum absolute atomic E-state index is 12.0. The van der Waals surface area contributed by atoms with E-state index in [1.807, 2.05) is 0 Å². The predicted molar refractivity (Wildman–Crippen MR) is 74.4 cm³/mol. The zero-order chi connectivity index (χ0) is 13.8. The van der Waals surface area contributed by atoms with Crippen LogP contribution in [0.4, 0.5) is 0 Å². The van der Waals surface area contributed by atoms with E-state index in [4.69, 9.17) is 9.47 Å². The number of rotatable bonds is 1. The van der Waals surface area contributed by atoms with Gasteiger partial charge in [-0.1, -0.05) is 25.2 Å². The highest BCUT2D eigenvalue weighted by molar-refractivity contribution is 6.07. The Hall–Kier alpha value is -1.38. The average molecular weight is 276 g/mol. The molecule has 0 unspecified atom stereocenters. The van der Waals surface area contributed by atoms with E-state index < -0.39 is 5.54 Å². The monoisotopic (exact) mass is 276 g/mol. The number of carbonyl (C=O) groups is 1. The Morgan fingerprint density at radius 3 is 2.70 bits per heavy atom. The van der Waals surface area contributed by atoms with Crippen LogP contribution in [0.1, 0.15) is 32.1 Å². The normalized spacial score (nSPS) is 25.8. The molecule has 1 saturated carbocycles. The highest BCUT2D eigenvalue weighted by Gasteiger charge is 2.46. The highest BCUT2D eigenvalue weighted by Crippen LogP contribution is 2.36. The molecule has 3 rings (SSSR count). The van der Waals surface area contributed by atoms with E-state index in [0.29, 0.717) is 12.4 Å². The van der Waals surface area contributed by atoms with Gasteiger partial charge >= 0.3 is 5.97 Å². The minimum absolute atomic E-state index is 0.201. The van der Waals surface area contributed by atoms with Gasteiger partial charge in [-0.3, -0.25) is 4.90 Å². The smallest absolute Gasteiger partial charge is 0.341 e. The van der Waals surface area contributed by atoms with Crippen molar-refractivity contribution in [3.8, 4) is 11.8 Å². The lowest BCUT2D eigenvalue weighted by Crippen LogP contribution is -2.36. The van der Waals surface area contributed by atoms with Gasteiger partial charge in [-0.2, -0.15) is 0 Å². The zero-order valence-electron chi connectivity index (χ0n) is 11.7. The second-order valence-electron chi connectivity index (χ2n) is 5.59. The number of nitrogens with zero attached hydrogens (tertiary/aromatic N) is 2. The van der Waals surface area contributed by atoms with Gasteiger partial charge in [0.15, 0.2) is 5.54 Å². The van der Waals surface area contributed by atoms with Crippen LogP contribution in [-0.2, 0) is 14.3 Å². The summed E-state index contributed by atoms with van der Waals surface area (Å²) in [6.07, 6.45) is 4.89. The lowest BCUT2D eigenvalue weighted by molar-refractivity contribution is -0.140. The average Bonchev–Trinajstić information content (AvgIpc) is 2.77. The molecular formula is C15H20N2O3. The standard InChI is InChI=1S/C15H20N2O3/c18-14-15(6-2-1-3-7-15)16-13(20-14)5-4-8-17-9-11-19-12-10-17/h1-3,6-12H2. The lowest BCUT2D eigenvalue weighted by Gasteiger charge is -2.25. The van der Waals surface area contributed by atoms with Crippen molar-refractivity contribution in [3.05, 3.63) is 0 Å². The van der Waals surface area contributed by atoms with E-state index in [1.54, 1.807) is 0 Å². The maximum atomic E-state index is 12.0. The summed E-state index contributed by atoms with van der Waals surface area (Å²) in [5.41, 5.74) is -0.610. The molecule has 2 heterocycles. The second-order valence-corrected chi connectivity index (χ2v) is 5.59. The second kappa shape index (κ2) is 5.94. The van der Waals surface area contributed by atoms with Crippen LogP contribution in [0, 0.1) is 11.8 Å². The van der Waals surface area contributed by atoms with Crippen molar-refractivity contribution < 1.29 is 14.3 Å². The van der Waals surface area contributed by atoms with Crippen LogP contribution in [-0.4, -0.2) is 55.2 Å². The molecule has 0 aromatic heterocycles. The van der Waals surface area contributed by atoms with Crippen molar-refractivity contribution in [2.45, 2.75) is 37.6 Å². The molecule has 5 heteroatoms. The molecule has 1 aliphatic carbocycles. The van der Waals surface area contributed by atoms with E-state index in [0.717, 1.165) is 52.0 Å². The van der Waals surface area contributed by atoms with Crippen LogP contribution in [0.2, 0.25) is 0 Å².